The lowest BCUT2D eigenvalue weighted by Gasteiger charge is -2.33. The predicted octanol–water partition coefficient (Wildman–Crippen LogP) is 3.24. The Kier molecular flexibility index (Phi) is 7.54. The molecule has 0 saturated heterocycles. The van der Waals surface area contributed by atoms with Crippen molar-refractivity contribution in [2.45, 2.75) is 77.8 Å². The Bertz CT molecular complexity index is 344. The minimum atomic E-state index is -0.790. The molecular weight excluding hydrogens is 268 g/mol. The van der Waals surface area contributed by atoms with Crippen molar-refractivity contribution >= 4 is 12.0 Å². The third-order valence-corrected chi connectivity index (χ3v) is 4.28. The van der Waals surface area contributed by atoms with Crippen LogP contribution in [0.4, 0.5) is 4.79 Å². The fourth-order valence-corrected chi connectivity index (χ4v) is 2.97. The molecule has 1 aliphatic rings. The molecule has 2 unspecified atom stereocenters. The number of unbranched alkanes of at least 4 members (excludes halogenated alkanes) is 2. The molecule has 0 aromatic rings. The fourth-order valence-electron chi connectivity index (χ4n) is 2.97. The van der Waals surface area contributed by atoms with Crippen molar-refractivity contribution in [2.24, 2.45) is 5.92 Å². The summed E-state index contributed by atoms with van der Waals surface area (Å²) in [4.78, 5) is 25.6. The highest BCUT2D eigenvalue weighted by Gasteiger charge is 2.33. The topological polar surface area (TPSA) is 69.6 Å². The van der Waals surface area contributed by atoms with Crippen molar-refractivity contribution in [2.75, 3.05) is 6.54 Å². The monoisotopic (exact) mass is 298 g/mol. The molecular formula is C16H30N2O3. The lowest BCUT2D eigenvalue weighted by molar-refractivity contribution is -0.143. The molecule has 5 heteroatoms. The van der Waals surface area contributed by atoms with Crippen LogP contribution in [0, 0.1) is 5.92 Å². The number of aliphatic carboxylic acids is 1. The molecule has 1 aliphatic carbocycles. The summed E-state index contributed by atoms with van der Waals surface area (Å²) in [6.45, 7) is 6.88. The quantitative estimate of drug-likeness (QED) is 0.709. The Morgan fingerprint density at radius 2 is 1.90 bits per heavy atom. The normalized spacial score (nSPS) is 22.1. The van der Waals surface area contributed by atoms with Crippen molar-refractivity contribution < 1.29 is 14.7 Å². The second kappa shape index (κ2) is 8.90. The van der Waals surface area contributed by atoms with E-state index in [-0.39, 0.29) is 18.1 Å². The third kappa shape index (κ3) is 5.56. The summed E-state index contributed by atoms with van der Waals surface area (Å²) in [7, 11) is 0. The van der Waals surface area contributed by atoms with Crippen molar-refractivity contribution in [1.29, 1.82) is 0 Å². The zero-order chi connectivity index (χ0) is 15.8. The van der Waals surface area contributed by atoms with E-state index in [0.717, 1.165) is 45.1 Å². The van der Waals surface area contributed by atoms with E-state index >= 15 is 0 Å². The maximum absolute atomic E-state index is 12.4. The van der Waals surface area contributed by atoms with Gasteiger partial charge in [-0.15, -0.1) is 0 Å². The van der Waals surface area contributed by atoms with Gasteiger partial charge in [0.05, 0.1) is 5.92 Å². The van der Waals surface area contributed by atoms with Gasteiger partial charge in [0.1, 0.15) is 0 Å². The first-order chi connectivity index (χ1) is 9.97. The molecule has 2 N–H and O–H groups in total. The highest BCUT2D eigenvalue weighted by molar-refractivity contribution is 5.77. The van der Waals surface area contributed by atoms with Crippen LogP contribution in [0.3, 0.4) is 0 Å². The maximum atomic E-state index is 12.4. The molecule has 0 radical (unpaired) electrons. The van der Waals surface area contributed by atoms with Crippen molar-refractivity contribution in [1.82, 2.24) is 10.2 Å². The number of carboxylic acids is 1. The van der Waals surface area contributed by atoms with Gasteiger partial charge < -0.3 is 15.3 Å². The molecule has 2 atom stereocenters. The molecule has 0 aromatic carbocycles. The largest absolute Gasteiger partial charge is 0.481 e. The molecule has 0 aromatic heterocycles. The van der Waals surface area contributed by atoms with Gasteiger partial charge in [-0.1, -0.05) is 32.6 Å². The van der Waals surface area contributed by atoms with E-state index < -0.39 is 11.9 Å². The average molecular weight is 298 g/mol. The minimum absolute atomic E-state index is 0.112. The Morgan fingerprint density at radius 3 is 2.48 bits per heavy atom. The summed E-state index contributed by atoms with van der Waals surface area (Å²) in [6.07, 6.45) is 6.59. The SMILES string of the molecule is CCCCCN(C(=O)NC1CCCCC1C(=O)O)C(C)C. The van der Waals surface area contributed by atoms with Gasteiger partial charge >= 0.3 is 12.0 Å². The smallest absolute Gasteiger partial charge is 0.317 e. The van der Waals surface area contributed by atoms with Crippen molar-refractivity contribution in [3.63, 3.8) is 0 Å². The van der Waals surface area contributed by atoms with E-state index in [9.17, 15) is 14.7 Å². The molecule has 5 nitrogen and oxygen atoms in total. The molecule has 0 aliphatic heterocycles. The van der Waals surface area contributed by atoms with Crippen LogP contribution < -0.4 is 5.32 Å². The summed E-state index contributed by atoms with van der Waals surface area (Å²) in [6, 6.07) is -0.204. The van der Waals surface area contributed by atoms with Crippen LogP contribution in [-0.2, 0) is 4.79 Å². The highest BCUT2D eigenvalue weighted by Crippen LogP contribution is 2.25. The number of nitrogens with zero attached hydrogens (tertiary/aromatic N) is 1. The van der Waals surface area contributed by atoms with E-state index in [1.807, 2.05) is 18.7 Å². The molecule has 0 heterocycles. The van der Waals surface area contributed by atoms with Gasteiger partial charge in [0.15, 0.2) is 0 Å². The Morgan fingerprint density at radius 1 is 1.24 bits per heavy atom. The van der Waals surface area contributed by atoms with E-state index in [1.165, 1.54) is 0 Å². The van der Waals surface area contributed by atoms with Crippen LogP contribution in [0.2, 0.25) is 0 Å². The van der Waals surface area contributed by atoms with E-state index in [2.05, 4.69) is 12.2 Å². The first-order valence-corrected chi connectivity index (χ1v) is 8.27. The number of hydrogen-bond donors (Lipinski definition) is 2. The second-order valence-corrected chi connectivity index (χ2v) is 6.28. The molecule has 21 heavy (non-hydrogen) atoms. The van der Waals surface area contributed by atoms with Gasteiger partial charge in [0, 0.05) is 18.6 Å². The van der Waals surface area contributed by atoms with Crippen LogP contribution in [-0.4, -0.2) is 40.6 Å². The molecule has 0 bridgehead atoms. The molecule has 122 valence electrons. The minimum Gasteiger partial charge on any atom is -0.481 e. The lowest BCUT2D eigenvalue weighted by Crippen LogP contribution is -2.52. The lowest BCUT2D eigenvalue weighted by atomic mass is 9.84. The highest BCUT2D eigenvalue weighted by atomic mass is 16.4. The number of carboxylic acid groups (broad SMARTS) is 1. The third-order valence-electron chi connectivity index (χ3n) is 4.28. The van der Waals surface area contributed by atoms with Crippen LogP contribution in [0.5, 0.6) is 0 Å². The van der Waals surface area contributed by atoms with E-state index in [1.54, 1.807) is 0 Å². The van der Waals surface area contributed by atoms with Crippen molar-refractivity contribution in [3.05, 3.63) is 0 Å². The van der Waals surface area contributed by atoms with Gasteiger partial charge in [0.2, 0.25) is 0 Å². The summed E-state index contributed by atoms with van der Waals surface area (Å²) in [5, 5.41) is 12.2. The molecule has 1 saturated carbocycles. The summed E-state index contributed by atoms with van der Waals surface area (Å²) < 4.78 is 0. The van der Waals surface area contributed by atoms with Crippen LogP contribution in [0.1, 0.15) is 65.7 Å². The van der Waals surface area contributed by atoms with Gasteiger partial charge in [0.25, 0.3) is 0 Å². The van der Waals surface area contributed by atoms with Gasteiger partial charge in [-0.05, 0) is 33.1 Å². The number of carbonyl (C=O) groups excluding carboxylic acids is 1. The Labute approximate surface area is 128 Å². The number of urea groups is 1. The first kappa shape index (κ1) is 17.8. The van der Waals surface area contributed by atoms with Crippen LogP contribution in [0.15, 0.2) is 0 Å². The Balaban J connectivity index is 2.59. The van der Waals surface area contributed by atoms with Gasteiger partial charge in [-0.3, -0.25) is 4.79 Å². The van der Waals surface area contributed by atoms with E-state index in [0.29, 0.717) is 6.42 Å². The summed E-state index contributed by atoms with van der Waals surface area (Å²) >= 11 is 0. The molecule has 1 fully saturated rings. The average Bonchev–Trinajstić information content (AvgIpc) is 2.43. The van der Waals surface area contributed by atoms with Gasteiger partial charge in [-0.2, -0.15) is 0 Å². The second-order valence-electron chi connectivity index (χ2n) is 6.28. The van der Waals surface area contributed by atoms with Gasteiger partial charge in [-0.25, -0.2) is 4.79 Å². The Hall–Kier alpha value is -1.26. The number of hydrogen-bond acceptors (Lipinski definition) is 2. The standard InChI is InChI=1S/C16H30N2O3/c1-4-5-8-11-18(12(2)3)16(21)17-14-10-7-6-9-13(14)15(19)20/h12-14H,4-11H2,1-3H3,(H,17,21)(H,19,20). The zero-order valence-electron chi connectivity index (χ0n) is 13.6. The maximum Gasteiger partial charge on any atom is 0.317 e. The zero-order valence-corrected chi connectivity index (χ0v) is 13.6. The van der Waals surface area contributed by atoms with Crippen LogP contribution >= 0.6 is 0 Å². The summed E-state index contributed by atoms with van der Waals surface area (Å²) in [5.41, 5.74) is 0. The first-order valence-electron chi connectivity index (χ1n) is 8.27. The summed E-state index contributed by atoms with van der Waals surface area (Å²) in [5.74, 6) is -1.23. The fraction of sp³-hybridized carbons (Fsp3) is 0.875. The van der Waals surface area contributed by atoms with Crippen molar-refractivity contribution in [3.8, 4) is 0 Å². The predicted molar refractivity (Wildman–Crippen MR) is 83.3 cm³/mol. The number of amides is 2. The number of nitrogens with one attached hydrogen (secondary N) is 1. The molecule has 1 rings (SSSR count). The molecule has 2 amide bonds. The number of carbonyl (C=O) groups is 2. The number of rotatable bonds is 7. The molecule has 0 spiro atoms. The van der Waals surface area contributed by atoms with E-state index in [4.69, 9.17) is 0 Å². The van der Waals surface area contributed by atoms with Crippen LogP contribution in [0.25, 0.3) is 0 Å².